The lowest BCUT2D eigenvalue weighted by molar-refractivity contribution is 0.0955. The van der Waals surface area contributed by atoms with E-state index in [2.05, 4.69) is 33.4 Å². The van der Waals surface area contributed by atoms with Gasteiger partial charge in [-0.15, -0.1) is 0 Å². The fourth-order valence-corrected chi connectivity index (χ4v) is 2.35. The quantitative estimate of drug-likeness (QED) is 0.395. The Morgan fingerprint density at radius 2 is 2.04 bits per heavy atom. The van der Waals surface area contributed by atoms with Gasteiger partial charge in [0.1, 0.15) is 5.75 Å². The highest BCUT2D eigenvalue weighted by Crippen LogP contribution is 2.21. The number of unbranched alkanes of at least 4 members (excludes halogenated alkanes) is 1. The van der Waals surface area contributed by atoms with E-state index >= 15 is 0 Å². The Hall–Kier alpha value is -1.85. The Morgan fingerprint density at radius 3 is 2.75 bits per heavy atom. The molecule has 0 aliphatic heterocycles. The lowest BCUT2D eigenvalue weighted by Gasteiger charge is -2.08. The van der Waals surface area contributed by atoms with Crippen LogP contribution in [-0.2, 0) is 0 Å². The predicted octanol–water partition coefficient (Wildman–Crippen LogP) is 5.05. The van der Waals surface area contributed by atoms with Crippen molar-refractivity contribution in [2.24, 2.45) is 5.10 Å². The van der Waals surface area contributed by atoms with Gasteiger partial charge in [-0.1, -0.05) is 40.9 Å². The molecule has 0 atom stereocenters. The van der Waals surface area contributed by atoms with Crippen LogP contribution in [0.5, 0.6) is 5.75 Å². The molecule has 0 radical (unpaired) electrons. The highest BCUT2D eigenvalue weighted by molar-refractivity contribution is 9.10. The van der Waals surface area contributed by atoms with Crippen LogP contribution in [0.15, 0.2) is 52.0 Å². The van der Waals surface area contributed by atoms with E-state index in [1.165, 1.54) is 6.21 Å². The Kier molecular flexibility index (Phi) is 7.28. The molecule has 0 saturated heterocycles. The minimum Gasteiger partial charge on any atom is -0.493 e. The molecule has 0 unspecified atom stereocenters. The van der Waals surface area contributed by atoms with Gasteiger partial charge in [-0.3, -0.25) is 4.79 Å². The van der Waals surface area contributed by atoms with E-state index in [1.54, 1.807) is 42.5 Å². The van der Waals surface area contributed by atoms with E-state index in [0.717, 1.165) is 22.9 Å². The first-order chi connectivity index (χ1) is 11.6. The van der Waals surface area contributed by atoms with Crippen LogP contribution in [0.1, 0.15) is 35.7 Å². The van der Waals surface area contributed by atoms with E-state index in [4.69, 9.17) is 16.3 Å². The van der Waals surface area contributed by atoms with E-state index < -0.39 is 0 Å². The molecule has 0 bridgehead atoms. The topological polar surface area (TPSA) is 50.7 Å². The molecule has 0 fully saturated rings. The fourth-order valence-electron chi connectivity index (χ4n) is 1.90. The standard InChI is InChI=1S/C18H18BrClN2O2/c1-2-3-10-24-17-9-8-16(20)11-14(17)12-21-22-18(23)13-4-6-15(19)7-5-13/h4-9,11-12H,2-3,10H2,1H3,(H,22,23)/b21-12+. The van der Waals surface area contributed by atoms with Crippen LogP contribution in [0, 0.1) is 0 Å². The second kappa shape index (κ2) is 9.45. The Morgan fingerprint density at radius 1 is 1.29 bits per heavy atom. The molecule has 0 aliphatic carbocycles. The van der Waals surface area contributed by atoms with Crippen LogP contribution in [0.25, 0.3) is 0 Å². The number of hydrazone groups is 1. The summed E-state index contributed by atoms with van der Waals surface area (Å²) >= 11 is 9.35. The molecule has 2 aromatic rings. The summed E-state index contributed by atoms with van der Waals surface area (Å²) in [7, 11) is 0. The summed E-state index contributed by atoms with van der Waals surface area (Å²) in [5, 5.41) is 4.58. The van der Waals surface area contributed by atoms with Gasteiger partial charge in [-0.25, -0.2) is 5.43 Å². The summed E-state index contributed by atoms with van der Waals surface area (Å²) in [5.41, 5.74) is 3.74. The molecule has 0 aromatic heterocycles. The van der Waals surface area contributed by atoms with Crippen molar-refractivity contribution in [1.29, 1.82) is 0 Å². The molecule has 6 heteroatoms. The molecular weight excluding hydrogens is 392 g/mol. The molecule has 126 valence electrons. The highest BCUT2D eigenvalue weighted by Gasteiger charge is 2.05. The number of nitrogens with one attached hydrogen (secondary N) is 1. The highest BCUT2D eigenvalue weighted by atomic mass is 79.9. The second-order valence-electron chi connectivity index (χ2n) is 5.09. The average Bonchev–Trinajstić information content (AvgIpc) is 2.57. The zero-order valence-electron chi connectivity index (χ0n) is 13.3. The minimum atomic E-state index is -0.283. The molecule has 2 rings (SSSR count). The van der Waals surface area contributed by atoms with Crippen molar-refractivity contribution in [1.82, 2.24) is 5.43 Å². The maximum atomic E-state index is 12.0. The summed E-state index contributed by atoms with van der Waals surface area (Å²) in [6.07, 6.45) is 3.56. The van der Waals surface area contributed by atoms with Crippen LogP contribution < -0.4 is 10.2 Å². The maximum absolute atomic E-state index is 12.0. The van der Waals surface area contributed by atoms with Gasteiger partial charge in [-0.2, -0.15) is 5.10 Å². The molecule has 1 N–H and O–H groups in total. The third-order valence-corrected chi connectivity index (χ3v) is 3.97. The van der Waals surface area contributed by atoms with Crippen molar-refractivity contribution in [2.45, 2.75) is 19.8 Å². The number of hydrogen-bond donors (Lipinski definition) is 1. The van der Waals surface area contributed by atoms with Gasteiger partial charge in [0.25, 0.3) is 5.91 Å². The van der Waals surface area contributed by atoms with E-state index in [9.17, 15) is 4.79 Å². The van der Waals surface area contributed by atoms with Crippen molar-refractivity contribution >= 4 is 39.7 Å². The first-order valence-corrected chi connectivity index (χ1v) is 8.78. The molecule has 0 spiro atoms. The fraction of sp³-hybridized carbons (Fsp3) is 0.222. The summed E-state index contributed by atoms with van der Waals surface area (Å²) in [6.45, 7) is 2.73. The average molecular weight is 410 g/mol. The number of ether oxygens (including phenoxy) is 1. The normalized spacial score (nSPS) is 10.8. The van der Waals surface area contributed by atoms with E-state index in [1.807, 2.05) is 0 Å². The number of carbonyl (C=O) groups is 1. The molecule has 1 amide bonds. The Labute approximate surface area is 155 Å². The van der Waals surface area contributed by atoms with Gasteiger partial charge in [-0.05, 0) is 48.9 Å². The minimum absolute atomic E-state index is 0.283. The van der Waals surface area contributed by atoms with E-state index in [-0.39, 0.29) is 5.91 Å². The zero-order valence-corrected chi connectivity index (χ0v) is 15.6. The van der Waals surface area contributed by atoms with Gasteiger partial charge in [0, 0.05) is 20.6 Å². The van der Waals surface area contributed by atoms with Crippen LogP contribution in [0.4, 0.5) is 0 Å². The van der Waals surface area contributed by atoms with Crippen molar-refractivity contribution in [3.8, 4) is 5.75 Å². The number of carbonyl (C=O) groups excluding carboxylic acids is 1. The van der Waals surface area contributed by atoms with Crippen LogP contribution in [0.3, 0.4) is 0 Å². The zero-order chi connectivity index (χ0) is 17.4. The largest absolute Gasteiger partial charge is 0.493 e. The van der Waals surface area contributed by atoms with Gasteiger partial charge in [0.2, 0.25) is 0 Å². The molecule has 4 nitrogen and oxygen atoms in total. The van der Waals surface area contributed by atoms with Crippen molar-refractivity contribution in [3.63, 3.8) is 0 Å². The monoisotopic (exact) mass is 408 g/mol. The van der Waals surface area contributed by atoms with Gasteiger partial charge < -0.3 is 4.74 Å². The number of amides is 1. The van der Waals surface area contributed by atoms with Crippen molar-refractivity contribution in [2.75, 3.05) is 6.61 Å². The number of rotatable bonds is 7. The number of halogens is 2. The van der Waals surface area contributed by atoms with Gasteiger partial charge >= 0.3 is 0 Å². The van der Waals surface area contributed by atoms with Gasteiger partial charge in [0.05, 0.1) is 12.8 Å². The summed E-state index contributed by atoms with van der Waals surface area (Å²) < 4.78 is 6.63. The molecule has 0 saturated carbocycles. The molecule has 2 aromatic carbocycles. The summed E-state index contributed by atoms with van der Waals surface area (Å²) in [4.78, 5) is 12.0. The lowest BCUT2D eigenvalue weighted by atomic mass is 10.2. The second-order valence-corrected chi connectivity index (χ2v) is 6.44. The summed E-state index contributed by atoms with van der Waals surface area (Å²) in [5.74, 6) is 0.406. The summed E-state index contributed by atoms with van der Waals surface area (Å²) in [6, 6.07) is 12.3. The molecule has 0 heterocycles. The Bertz CT molecular complexity index is 717. The van der Waals surface area contributed by atoms with E-state index in [0.29, 0.717) is 22.9 Å². The number of hydrogen-bond acceptors (Lipinski definition) is 3. The van der Waals surface area contributed by atoms with Crippen molar-refractivity contribution in [3.05, 3.63) is 63.1 Å². The Balaban J connectivity index is 2.03. The first-order valence-electron chi connectivity index (χ1n) is 7.61. The number of benzene rings is 2. The lowest BCUT2D eigenvalue weighted by Crippen LogP contribution is -2.17. The number of nitrogens with zero attached hydrogens (tertiary/aromatic N) is 1. The molecule has 24 heavy (non-hydrogen) atoms. The van der Waals surface area contributed by atoms with Crippen LogP contribution >= 0.6 is 27.5 Å². The maximum Gasteiger partial charge on any atom is 0.271 e. The predicted molar refractivity (Wildman–Crippen MR) is 101 cm³/mol. The van der Waals surface area contributed by atoms with Crippen LogP contribution in [0.2, 0.25) is 5.02 Å². The van der Waals surface area contributed by atoms with Crippen LogP contribution in [-0.4, -0.2) is 18.7 Å². The third kappa shape index (κ3) is 5.65. The smallest absolute Gasteiger partial charge is 0.271 e. The van der Waals surface area contributed by atoms with Crippen molar-refractivity contribution < 1.29 is 9.53 Å². The molecular formula is C18H18BrClN2O2. The SMILES string of the molecule is CCCCOc1ccc(Cl)cc1/C=N/NC(=O)c1ccc(Br)cc1. The first kappa shape index (κ1) is 18.5. The van der Waals surface area contributed by atoms with Gasteiger partial charge in [0.15, 0.2) is 0 Å². The third-order valence-electron chi connectivity index (χ3n) is 3.20. The molecule has 0 aliphatic rings.